The molecule has 34 heteroatoms. The Balaban J connectivity index is 0.000000154. The summed E-state index contributed by atoms with van der Waals surface area (Å²) < 4.78 is 164. The van der Waals surface area contributed by atoms with Gasteiger partial charge in [0.2, 0.25) is 0 Å². The Morgan fingerprint density at radius 2 is 0.711 bits per heavy atom. The molecule has 0 radical (unpaired) electrons. The van der Waals surface area contributed by atoms with Crippen molar-refractivity contribution in [3.05, 3.63) is 257 Å². The number of fused-ring (bicyclic) bond motifs is 3. The number of halogens is 8. The van der Waals surface area contributed by atoms with Crippen molar-refractivity contribution in [3.8, 4) is 39.1 Å². The molecule has 0 atom stereocenters. The lowest BCUT2D eigenvalue weighted by Crippen LogP contribution is -2.41. The van der Waals surface area contributed by atoms with Crippen LogP contribution >= 0.6 is 15.9 Å². The van der Waals surface area contributed by atoms with E-state index < -0.39 is 73.1 Å². The first kappa shape index (κ1) is 91.2. The van der Waals surface area contributed by atoms with E-state index in [1.807, 2.05) is 196 Å². The third kappa shape index (κ3) is 21.3. The summed E-state index contributed by atoms with van der Waals surface area (Å²) in [5, 5.41) is 15.6. The molecule has 0 bridgehead atoms. The Kier molecular flexibility index (Phi) is 27.9. The van der Waals surface area contributed by atoms with Crippen molar-refractivity contribution < 1.29 is 105 Å². The van der Waals surface area contributed by atoms with Gasteiger partial charge in [-0.15, -0.1) is 0 Å². The molecule has 3 aromatic heterocycles. The zero-order valence-corrected chi connectivity index (χ0v) is 71.3. The molecule has 3 aliphatic heterocycles. The number of carbonyl (C=O) groups excluding carboxylic acids is 3. The molecule has 3 fully saturated rings. The fourth-order valence-corrected chi connectivity index (χ4v) is 13.8. The van der Waals surface area contributed by atoms with Crippen LogP contribution in [-0.2, 0) is 76.1 Å². The number of hydrogen-bond donors (Lipinski definition) is 0. The smallest absolute Gasteiger partial charge is 0.465 e. The van der Waals surface area contributed by atoms with Crippen LogP contribution < -0.4 is 10.2 Å². The molecule has 0 N–H and O–H groups in total. The van der Waals surface area contributed by atoms with E-state index in [0.717, 1.165) is 65.1 Å². The minimum absolute atomic E-state index is 0.115. The summed E-state index contributed by atoms with van der Waals surface area (Å²) in [5.74, 6) is -1.57. The second-order valence-corrected chi connectivity index (χ2v) is 33.8. The molecule has 9 aromatic carbocycles. The van der Waals surface area contributed by atoms with Crippen molar-refractivity contribution in [2.24, 2.45) is 0 Å². The Morgan fingerprint density at radius 1 is 0.413 bits per heavy atom. The highest BCUT2D eigenvalue weighted by Gasteiger charge is 2.64. The van der Waals surface area contributed by atoms with E-state index in [2.05, 4.69) is 113 Å². The van der Waals surface area contributed by atoms with E-state index in [0.29, 0.717) is 41.7 Å². The highest BCUT2D eigenvalue weighted by molar-refractivity contribution is 9.10. The molecule has 3 aliphatic rings. The van der Waals surface area contributed by atoms with Gasteiger partial charge in [-0.25, -0.2) is 14.4 Å². The third-order valence-electron chi connectivity index (χ3n) is 21.6. The monoisotopic (exact) mass is 1750 g/mol. The predicted octanol–water partition coefficient (Wildman–Crippen LogP) is 18.6. The van der Waals surface area contributed by atoms with Gasteiger partial charge in [0.05, 0.1) is 126 Å². The summed E-state index contributed by atoms with van der Waals surface area (Å²) in [7, 11) is -3.67. The predicted molar refractivity (Wildman–Crippen MR) is 450 cm³/mol. The van der Waals surface area contributed by atoms with Gasteiger partial charge in [0.1, 0.15) is 5.75 Å². The number of alkyl halides is 7. The largest absolute Gasteiger partial charge is 0.523 e. The molecular weight excluding hydrogens is 1660 g/mol. The molecule has 22 nitrogen and oxygen atoms in total. The molecule has 0 amide bonds. The standard InChI is InChI=1S/C28H29BN2O4.C23H18F2N2O3.C22H17BrN2O2.C12H24B2O4.C2HF5O3S/c1-27(2)28(3,4)35-29(34-27)23-15-22-17-30-31(25(22)24(16-23)26(32)33-5)18-19-11-13-21(14-12-19)20-9-7-6-8-10-20;1-29-22(28)20-12-19(30-23(24)25)11-18-13-26-27(21(18)20)14-15-7-9-17(10-8-15)16-5-3-2-4-6-16;1-27-22(26)20-12-19(23)11-18-13-24-25(21(18)20)14-15-7-9-17(10-8-15)16-5-3-2-4-6-16;1-9(2)10(3,4)16-13(15-9)14-17-11(5,6)12(7,8)18-14;3-1(4)10-11(8,9)2(5,6)7/h6-17H,18H2,1-5H3;2-13,23H,14H2,1H3;2-13H,14H2,1H3;1-8H3;1H. The lowest BCUT2D eigenvalue weighted by molar-refractivity contribution is -0.0911. The minimum Gasteiger partial charge on any atom is -0.465 e. The molecule has 12 aromatic rings. The maximum Gasteiger partial charge on any atom is 0.523 e. The van der Waals surface area contributed by atoms with Crippen molar-refractivity contribution in [2.45, 2.75) is 155 Å². The van der Waals surface area contributed by atoms with Gasteiger partial charge in [0.25, 0.3) is 0 Å². The van der Waals surface area contributed by atoms with Gasteiger partial charge >= 0.3 is 67.9 Å². The number of ether oxygens (including phenoxy) is 4. The maximum absolute atomic E-state index is 12.8. The molecule has 0 spiro atoms. The highest BCUT2D eigenvalue weighted by atomic mass is 79.9. The second kappa shape index (κ2) is 37.0. The summed E-state index contributed by atoms with van der Waals surface area (Å²) >= 11 is 3.44. The molecule has 15 rings (SSSR count). The summed E-state index contributed by atoms with van der Waals surface area (Å²) in [4.78, 5) is 37.3. The first-order valence-corrected chi connectivity index (χ1v) is 40.3. The van der Waals surface area contributed by atoms with E-state index >= 15 is 0 Å². The molecule has 3 saturated heterocycles. The van der Waals surface area contributed by atoms with Crippen LogP contribution in [-0.4, -0.2) is 150 Å². The quantitative estimate of drug-likeness (QED) is 0.0194. The van der Waals surface area contributed by atoms with Crippen molar-refractivity contribution in [3.63, 3.8) is 0 Å². The number of rotatable bonds is 18. The topological polar surface area (TPSA) is 240 Å². The fourth-order valence-electron chi connectivity index (χ4n) is 13.1. The van der Waals surface area contributed by atoms with E-state index in [1.54, 1.807) is 29.2 Å². The van der Waals surface area contributed by atoms with Gasteiger partial charge in [-0.05, 0) is 169 Å². The molecule has 6 heterocycles. The SMILES string of the molecule is CC1(C)OB(B2OC(C)(C)C(C)(C)O2)OC1(C)C.COC(=O)c1cc(B2OC(C)(C)C(C)(C)O2)cc2cnn(Cc3ccc(-c4ccccc4)cc3)c12.COC(=O)c1cc(Br)cc2cnn(Cc3ccc(-c4ccccc4)cc3)c12.COC(=O)c1cc(OC(F)F)cc2cnn(Cc3ccc(-c4ccccc4)cc3)c12.O=S(=O)(OC(F)F)C(F)(F)F. The van der Waals surface area contributed by atoms with Crippen molar-refractivity contribution >= 4 is 103 Å². The van der Waals surface area contributed by atoms with Crippen LogP contribution in [0.5, 0.6) is 5.75 Å². The normalized spacial score (nSPS) is 16.0. The lowest BCUT2D eigenvalue weighted by Gasteiger charge is -2.32. The number of nitrogens with zero attached hydrogens (tertiary/aromatic N) is 6. The highest BCUT2D eigenvalue weighted by Crippen LogP contribution is 2.44. The van der Waals surface area contributed by atoms with Gasteiger partial charge in [-0.3, -0.25) is 14.0 Å². The maximum atomic E-state index is 12.8. The van der Waals surface area contributed by atoms with E-state index in [9.17, 15) is 53.5 Å². The Labute approximate surface area is 705 Å². The van der Waals surface area contributed by atoms with Crippen molar-refractivity contribution in [1.82, 2.24) is 29.3 Å². The first-order valence-electron chi connectivity index (χ1n) is 38.0. The average Bonchev–Trinajstić information content (AvgIpc) is 1.59. The Hall–Kier alpha value is -10.5. The molecule has 0 saturated carbocycles. The second-order valence-electron chi connectivity index (χ2n) is 31.3. The molecular formula is C87H89B3BrF7N6O16S. The van der Waals surface area contributed by atoms with Gasteiger partial charge in [-0.1, -0.05) is 186 Å². The van der Waals surface area contributed by atoms with Crippen LogP contribution in [0.2, 0.25) is 0 Å². The van der Waals surface area contributed by atoms with Crippen molar-refractivity contribution in [1.29, 1.82) is 0 Å². The van der Waals surface area contributed by atoms with Crippen LogP contribution in [0.25, 0.3) is 66.1 Å². The molecule has 0 unspecified atom stereocenters. The summed E-state index contributed by atoms with van der Waals surface area (Å²) in [6, 6.07) is 65.5. The first-order chi connectivity index (χ1) is 56.9. The number of hydrogen-bond acceptors (Lipinski definition) is 19. The fraction of sp³-hybridized carbons (Fsp3) is 0.310. The number of aromatic nitrogens is 6. The number of methoxy groups -OCH3 is 3. The minimum atomic E-state index is -6.15. The molecule has 0 aliphatic carbocycles. The summed E-state index contributed by atoms with van der Waals surface area (Å²) in [6.07, 6.45) is 5.05. The third-order valence-corrected chi connectivity index (χ3v) is 23.0. The van der Waals surface area contributed by atoms with Gasteiger partial charge in [-0.2, -0.15) is 58.6 Å². The van der Waals surface area contributed by atoms with Gasteiger partial charge < -0.3 is 46.9 Å². The van der Waals surface area contributed by atoms with Gasteiger partial charge in [0, 0.05) is 20.6 Å². The summed E-state index contributed by atoms with van der Waals surface area (Å²) in [6.45, 7) is 18.7. The zero-order valence-electron chi connectivity index (χ0n) is 68.9. The zero-order chi connectivity index (χ0) is 88.0. The number of benzene rings is 9. The van der Waals surface area contributed by atoms with Crippen molar-refractivity contribution in [2.75, 3.05) is 21.3 Å². The van der Waals surface area contributed by atoms with Crippen LogP contribution in [0.4, 0.5) is 30.7 Å². The van der Waals surface area contributed by atoms with Crippen LogP contribution in [0.1, 0.15) is 131 Å². The van der Waals surface area contributed by atoms with E-state index in [-0.39, 0.29) is 39.7 Å². The molecule has 121 heavy (non-hydrogen) atoms. The number of esters is 3. The van der Waals surface area contributed by atoms with E-state index in [1.165, 1.54) is 56.3 Å². The summed E-state index contributed by atoms with van der Waals surface area (Å²) in [5.41, 5.74) is 5.68. The number of carbonyl (C=O) groups is 3. The average molecular weight is 1750 g/mol. The Bertz CT molecular complexity index is 5670. The Morgan fingerprint density at radius 3 is 1.02 bits per heavy atom. The van der Waals surface area contributed by atoms with Crippen LogP contribution in [0.3, 0.4) is 0 Å². The van der Waals surface area contributed by atoms with E-state index in [4.69, 9.17) is 42.1 Å². The lowest BCUT2D eigenvalue weighted by atomic mass is 9.49. The van der Waals surface area contributed by atoms with Crippen LogP contribution in [0.15, 0.2) is 223 Å². The molecule has 634 valence electrons. The van der Waals surface area contributed by atoms with Crippen LogP contribution in [0, 0.1) is 0 Å². The van der Waals surface area contributed by atoms with Gasteiger partial charge in [0.15, 0.2) is 0 Å².